The molecule has 0 spiro atoms. The van der Waals surface area contributed by atoms with Gasteiger partial charge in [-0.25, -0.2) is 14.6 Å². The summed E-state index contributed by atoms with van der Waals surface area (Å²) < 4.78 is 1.93. The fraction of sp³-hybridized carbons (Fsp3) is 0.333. The zero-order valence-electron chi connectivity index (χ0n) is 27.7. The fourth-order valence-electron chi connectivity index (χ4n) is 5.74. The van der Waals surface area contributed by atoms with Gasteiger partial charge < -0.3 is 36.1 Å². The predicted octanol–water partition coefficient (Wildman–Crippen LogP) is 5.26. The second kappa shape index (κ2) is 15.2. The molecular formula is C36H42ClN9O2. The molecule has 11 nitrogen and oxygen atoms in total. The molecule has 5 N–H and O–H groups in total. The first-order valence-corrected chi connectivity index (χ1v) is 16.3. The molecule has 1 aromatic heterocycles. The molecule has 2 unspecified atom stereocenters. The molecule has 0 radical (unpaired) electrons. The van der Waals surface area contributed by atoms with Gasteiger partial charge in [-0.1, -0.05) is 29.8 Å². The molecule has 4 amide bonds. The van der Waals surface area contributed by atoms with Gasteiger partial charge in [-0.15, -0.1) is 0 Å². The molecule has 12 heteroatoms. The Labute approximate surface area is 286 Å². The smallest absolute Gasteiger partial charge is 0.321 e. The van der Waals surface area contributed by atoms with Gasteiger partial charge in [0, 0.05) is 49.5 Å². The summed E-state index contributed by atoms with van der Waals surface area (Å²) in [6.45, 7) is 9.00. The Hall–Kier alpha value is -5.05. The number of allylic oxidation sites excluding steroid dienone is 2. The van der Waals surface area contributed by atoms with E-state index in [2.05, 4.69) is 49.8 Å². The Morgan fingerprint density at radius 3 is 2.54 bits per heavy atom. The van der Waals surface area contributed by atoms with E-state index < -0.39 is 6.04 Å². The molecule has 0 bridgehead atoms. The van der Waals surface area contributed by atoms with Crippen LogP contribution in [0.1, 0.15) is 49.2 Å². The number of carbonyl (C=O) groups is 2. The summed E-state index contributed by atoms with van der Waals surface area (Å²) >= 11 is 6.41. The Kier molecular flexibility index (Phi) is 10.9. The number of aromatic nitrogens is 2. The number of piperazine rings is 1. The number of imidazole rings is 1. The molecule has 0 saturated carbocycles. The minimum Gasteiger partial charge on any atom is -0.384 e. The van der Waals surface area contributed by atoms with Crippen molar-refractivity contribution in [2.45, 2.75) is 44.8 Å². The summed E-state index contributed by atoms with van der Waals surface area (Å²) in [5, 5.41) is 25.0. The maximum Gasteiger partial charge on any atom is 0.321 e. The lowest BCUT2D eigenvalue weighted by molar-refractivity contribution is 0.204. The van der Waals surface area contributed by atoms with Gasteiger partial charge in [-0.3, -0.25) is 0 Å². The predicted molar refractivity (Wildman–Crippen MR) is 189 cm³/mol. The third-order valence-electron chi connectivity index (χ3n) is 8.11. The monoisotopic (exact) mass is 667 g/mol. The number of nitrogens with one attached hydrogen (secondary N) is 5. The first kappa shape index (κ1) is 34.3. The van der Waals surface area contributed by atoms with Gasteiger partial charge >= 0.3 is 12.1 Å². The third-order valence-corrected chi connectivity index (χ3v) is 8.34. The lowest BCUT2D eigenvalue weighted by atomic mass is 9.92. The number of nitrogens with zero attached hydrogens (tertiary/aromatic N) is 4. The van der Waals surface area contributed by atoms with Crippen molar-refractivity contribution < 1.29 is 9.59 Å². The summed E-state index contributed by atoms with van der Waals surface area (Å²) in [7, 11) is 1.93. The summed E-state index contributed by atoms with van der Waals surface area (Å²) in [5.41, 5.74) is 6.19. The molecule has 2 aromatic carbocycles. The van der Waals surface area contributed by atoms with Crippen LogP contribution < -0.4 is 26.6 Å². The number of benzene rings is 2. The number of dihydropyridines is 1. The van der Waals surface area contributed by atoms with Crippen LogP contribution in [0.2, 0.25) is 5.02 Å². The minimum absolute atomic E-state index is 0.0868. The van der Waals surface area contributed by atoms with Crippen LogP contribution in [0.25, 0.3) is 5.57 Å². The molecule has 1 saturated heterocycles. The SMILES string of the molecule is Cn1cncc1C(NC(=O)NC(C)(C)C)C1=CC2=CC=CNC2Cc2ccc(Cl)cc21.N#Cc1ccc(NC(=O)N2CCNCC2)cc1. The van der Waals surface area contributed by atoms with E-state index >= 15 is 0 Å². The van der Waals surface area contributed by atoms with Crippen molar-refractivity contribution in [3.8, 4) is 6.07 Å². The second-order valence-electron chi connectivity index (χ2n) is 12.9. The van der Waals surface area contributed by atoms with Crippen molar-refractivity contribution in [1.82, 2.24) is 35.7 Å². The number of nitriles is 1. The van der Waals surface area contributed by atoms with Gasteiger partial charge in [0.1, 0.15) is 0 Å². The van der Waals surface area contributed by atoms with E-state index in [4.69, 9.17) is 16.9 Å². The summed E-state index contributed by atoms with van der Waals surface area (Å²) in [6.07, 6.45) is 12.6. The highest BCUT2D eigenvalue weighted by Crippen LogP contribution is 2.38. The van der Waals surface area contributed by atoms with Crippen molar-refractivity contribution in [1.29, 1.82) is 5.26 Å². The van der Waals surface area contributed by atoms with E-state index in [1.165, 1.54) is 5.56 Å². The molecule has 250 valence electrons. The summed E-state index contributed by atoms with van der Waals surface area (Å²) in [5.74, 6) is 0. The van der Waals surface area contributed by atoms with Gasteiger partial charge in [-0.2, -0.15) is 5.26 Å². The van der Waals surface area contributed by atoms with Crippen molar-refractivity contribution in [2.24, 2.45) is 7.05 Å². The van der Waals surface area contributed by atoms with Crippen LogP contribution in [-0.2, 0) is 13.5 Å². The normalized spacial score (nSPS) is 17.3. The highest BCUT2D eigenvalue weighted by Gasteiger charge is 2.30. The van der Waals surface area contributed by atoms with Crippen LogP contribution in [0.3, 0.4) is 0 Å². The lowest BCUT2D eigenvalue weighted by Crippen LogP contribution is -2.48. The van der Waals surface area contributed by atoms with E-state index in [9.17, 15) is 9.59 Å². The van der Waals surface area contributed by atoms with E-state index in [0.29, 0.717) is 16.3 Å². The van der Waals surface area contributed by atoms with E-state index in [1.807, 2.05) is 62.9 Å². The van der Waals surface area contributed by atoms with Gasteiger partial charge in [0.2, 0.25) is 0 Å². The zero-order valence-corrected chi connectivity index (χ0v) is 28.4. The number of carbonyl (C=O) groups excluding carboxylic acids is 2. The number of hydrogen-bond donors (Lipinski definition) is 5. The third kappa shape index (κ3) is 8.85. The highest BCUT2D eigenvalue weighted by molar-refractivity contribution is 6.30. The minimum atomic E-state index is -0.405. The Balaban J connectivity index is 0.000000224. The van der Waals surface area contributed by atoms with Gasteiger partial charge in [0.05, 0.1) is 41.9 Å². The van der Waals surface area contributed by atoms with Crippen LogP contribution in [0, 0.1) is 11.3 Å². The van der Waals surface area contributed by atoms with Crippen LogP contribution in [0.5, 0.6) is 0 Å². The summed E-state index contributed by atoms with van der Waals surface area (Å²) in [6, 6.07) is 14.3. The molecule has 6 rings (SSSR count). The van der Waals surface area contributed by atoms with E-state index in [1.54, 1.807) is 41.7 Å². The molecule has 2 aliphatic heterocycles. The Morgan fingerprint density at radius 1 is 1.12 bits per heavy atom. The van der Waals surface area contributed by atoms with Crippen molar-refractivity contribution in [2.75, 3.05) is 31.5 Å². The van der Waals surface area contributed by atoms with Crippen LogP contribution >= 0.6 is 11.6 Å². The topological polar surface area (TPSA) is 139 Å². The maximum absolute atomic E-state index is 12.9. The number of anilines is 1. The Morgan fingerprint density at radius 2 is 1.88 bits per heavy atom. The average molecular weight is 668 g/mol. The van der Waals surface area contributed by atoms with Gasteiger partial charge in [0.15, 0.2) is 0 Å². The summed E-state index contributed by atoms with van der Waals surface area (Å²) in [4.78, 5) is 30.8. The zero-order chi connectivity index (χ0) is 34.3. The van der Waals surface area contributed by atoms with Gasteiger partial charge in [-0.05, 0) is 98.1 Å². The quantitative estimate of drug-likeness (QED) is 0.257. The van der Waals surface area contributed by atoms with Crippen molar-refractivity contribution >= 4 is 34.9 Å². The van der Waals surface area contributed by atoms with E-state index in [0.717, 1.165) is 55.0 Å². The number of aryl methyl sites for hydroxylation is 1. The van der Waals surface area contributed by atoms with Gasteiger partial charge in [0.25, 0.3) is 0 Å². The molecule has 48 heavy (non-hydrogen) atoms. The van der Waals surface area contributed by atoms with Crippen LogP contribution in [0.15, 0.2) is 85.0 Å². The number of rotatable bonds is 4. The molecule has 1 aliphatic carbocycles. The second-order valence-corrected chi connectivity index (χ2v) is 13.4. The fourth-order valence-corrected chi connectivity index (χ4v) is 5.92. The van der Waals surface area contributed by atoms with E-state index in [-0.39, 0.29) is 23.6 Å². The first-order valence-electron chi connectivity index (χ1n) is 16.0. The van der Waals surface area contributed by atoms with Crippen molar-refractivity contribution in [3.63, 3.8) is 0 Å². The molecule has 3 aliphatic rings. The molecular weight excluding hydrogens is 626 g/mol. The van der Waals surface area contributed by atoms with Crippen molar-refractivity contribution in [3.05, 3.63) is 112 Å². The number of halogens is 1. The lowest BCUT2D eigenvalue weighted by Gasteiger charge is -2.27. The largest absolute Gasteiger partial charge is 0.384 e. The molecule has 3 heterocycles. The average Bonchev–Trinajstić information content (AvgIpc) is 3.42. The number of fused-ring (bicyclic) bond motifs is 2. The Bertz CT molecular complexity index is 1760. The van der Waals surface area contributed by atoms with Crippen LogP contribution in [-0.4, -0.2) is 64.3 Å². The van der Waals surface area contributed by atoms with Crippen LogP contribution in [0.4, 0.5) is 15.3 Å². The number of urea groups is 2. The molecule has 2 atom stereocenters. The molecule has 1 fully saturated rings. The number of hydrogen-bond acceptors (Lipinski definition) is 6. The molecule has 3 aromatic rings. The highest BCUT2D eigenvalue weighted by atomic mass is 35.5. The standard InChI is InChI=1S/C24H28ClN5O.C12H14N4O/c1-24(2,3)29-23(31)28-22(21-13-26-14-30(21)4)19-10-16-6-5-9-27-20(16)11-15-7-8-17(25)12-18(15)19;13-9-10-1-3-11(4-2-10)15-12(17)16-7-5-14-6-8-16/h5-10,12-14,20,22,27H,11H2,1-4H3,(H2,28,29,31);1-4,14H,5-8H2,(H,15,17). The number of amides is 4. The first-order chi connectivity index (χ1) is 23.0. The maximum atomic E-state index is 12.9.